The summed E-state index contributed by atoms with van der Waals surface area (Å²) in [6.45, 7) is 15.2. The summed E-state index contributed by atoms with van der Waals surface area (Å²) < 4.78 is 32.5. The Bertz CT molecular complexity index is 1680. The van der Waals surface area contributed by atoms with Crippen LogP contribution in [0.1, 0.15) is 87.1 Å². The number of carbonyl (C=O) groups is 3. The van der Waals surface area contributed by atoms with Gasteiger partial charge in [0, 0.05) is 41.8 Å². The molecule has 3 heterocycles. The highest BCUT2D eigenvalue weighted by Crippen LogP contribution is 2.40. The van der Waals surface area contributed by atoms with Crippen molar-refractivity contribution in [3.05, 3.63) is 41.5 Å². The normalized spacial score (nSPS) is 39.2. The third kappa shape index (κ3) is 10.5. The largest absolute Gasteiger partial charge is 0.459 e. The molecule has 2 bridgehead atoms. The fraction of sp³-hybridized carbons (Fsp3) is 0.674. The first-order chi connectivity index (χ1) is 26.2. The zero-order valence-electron chi connectivity index (χ0n) is 34.9. The van der Waals surface area contributed by atoms with Crippen LogP contribution in [0.3, 0.4) is 0 Å². The molecule has 3 fully saturated rings. The molecule has 56 heavy (non-hydrogen) atoms. The molecule has 1 aromatic rings. The van der Waals surface area contributed by atoms with Crippen LogP contribution < -0.4 is 5.73 Å². The minimum absolute atomic E-state index is 0.0319. The maximum Gasteiger partial charge on any atom is 0.316 e. The number of esters is 1. The zero-order valence-corrected chi connectivity index (χ0v) is 34.9. The van der Waals surface area contributed by atoms with Crippen molar-refractivity contribution in [2.75, 3.05) is 33.0 Å². The van der Waals surface area contributed by atoms with E-state index in [1.165, 1.54) is 13.8 Å². The number of aliphatic imine (C=N–C) groups is 1. The van der Waals surface area contributed by atoms with Crippen molar-refractivity contribution in [2.45, 2.75) is 136 Å². The molecule has 0 aliphatic carbocycles. The third-order valence-electron chi connectivity index (χ3n) is 11.6. The summed E-state index contributed by atoms with van der Waals surface area (Å²) in [7, 11) is 3.75. The predicted molar refractivity (Wildman–Crippen MR) is 212 cm³/mol. The number of Topliss-reactive ketones (excluding diaryl/α,β-unsaturated/α-hetero) is 1. The average molecular weight is 782 g/mol. The number of ether oxygens (including phenoxy) is 5. The van der Waals surface area contributed by atoms with Crippen molar-refractivity contribution in [1.29, 1.82) is 0 Å². The highest BCUT2D eigenvalue weighted by Gasteiger charge is 2.53. The first-order valence-corrected chi connectivity index (χ1v) is 19.7. The van der Waals surface area contributed by atoms with Gasteiger partial charge < -0.3 is 44.5 Å². The van der Waals surface area contributed by atoms with E-state index in [0.717, 1.165) is 5.56 Å². The number of aliphatic hydroxyl groups excluding tert-OH is 1. The Morgan fingerprint density at radius 3 is 2.36 bits per heavy atom. The monoisotopic (exact) mass is 781 g/mol. The molecule has 0 spiro atoms. The van der Waals surface area contributed by atoms with Gasteiger partial charge in [-0.2, -0.15) is 0 Å². The Kier molecular flexibility index (Phi) is 15.2. The molecule has 0 radical (unpaired) electrons. The van der Waals surface area contributed by atoms with E-state index in [1.54, 1.807) is 39.0 Å². The maximum atomic E-state index is 14.5. The number of allylic oxidation sites excluding steroid dienone is 1. The minimum Gasteiger partial charge on any atom is -0.459 e. The molecule has 0 saturated carbocycles. The smallest absolute Gasteiger partial charge is 0.316 e. The number of hydrogen-bond acceptors (Lipinski definition) is 12. The second kappa shape index (κ2) is 18.9. The van der Waals surface area contributed by atoms with E-state index < -0.39 is 83.2 Å². The lowest BCUT2D eigenvalue weighted by atomic mass is 9.73. The fourth-order valence-corrected chi connectivity index (χ4v) is 8.44. The van der Waals surface area contributed by atoms with Gasteiger partial charge in [-0.25, -0.2) is 4.99 Å². The summed E-state index contributed by atoms with van der Waals surface area (Å²) in [5, 5.41) is 24.0. The average Bonchev–Trinajstić information content (AvgIpc) is 3.14. The highest BCUT2D eigenvalue weighted by atomic mass is 16.7. The number of benzene rings is 1. The lowest BCUT2D eigenvalue weighted by Crippen LogP contribution is -2.60. The quantitative estimate of drug-likeness (QED) is 0.173. The summed E-state index contributed by atoms with van der Waals surface area (Å²) in [5.41, 5.74) is 5.12. The molecule has 1 amide bonds. The van der Waals surface area contributed by atoms with E-state index in [9.17, 15) is 24.6 Å². The Morgan fingerprint density at radius 2 is 1.75 bits per heavy atom. The Labute approximate surface area is 332 Å². The molecular weight excluding hydrogens is 718 g/mol. The molecule has 310 valence electrons. The number of aliphatic hydroxyl groups is 2. The molecule has 1 aromatic carbocycles. The lowest BCUT2D eigenvalue weighted by molar-refractivity contribution is -0.296. The molecule has 13 nitrogen and oxygen atoms in total. The molecule has 3 aliphatic rings. The predicted octanol–water partition coefficient (Wildman–Crippen LogP) is 4.11. The van der Waals surface area contributed by atoms with Gasteiger partial charge in [-0.05, 0) is 103 Å². The number of anilines is 1. The number of ketones is 1. The van der Waals surface area contributed by atoms with Gasteiger partial charge in [0.15, 0.2) is 12.1 Å². The van der Waals surface area contributed by atoms with Gasteiger partial charge in [-0.1, -0.05) is 39.5 Å². The number of likely N-dealkylation sites (N-methyl/N-ethyl adjacent to an activating group) is 1. The van der Waals surface area contributed by atoms with E-state index in [2.05, 4.69) is 16.8 Å². The standard InChI is InChI=1S/C43H63N3O10/c1-12-34-43(9,51)39-26(4)35(45-29(7)47)24(2)21-42(8,53-23-31(22-52-39)15-13-14-30-16-18-32(44)19-17-30)38(27(5)36(48)28(6)40(50)55-34)56-41-37(49)33(46(10)11)20-25(3)54-41/h15-19,24-28,33-34,37-39,41,49,51H,12,20-23,44H2,1-11H3/b31-15-,45-35?/t24?,25-,26?,27+,28-,33+,34+,37?,38?,39?,41+,42-,43-/m1/s1. The van der Waals surface area contributed by atoms with Crippen LogP contribution in [-0.2, 0) is 38.1 Å². The van der Waals surface area contributed by atoms with Crippen LogP contribution >= 0.6 is 0 Å². The molecule has 3 aliphatic heterocycles. The fourth-order valence-electron chi connectivity index (χ4n) is 8.44. The van der Waals surface area contributed by atoms with Gasteiger partial charge in [-0.3, -0.25) is 14.4 Å². The van der Waals surface area contributed by atoms with Crippen molar-refractivity contribution < 1.29 is 48.3 Å². The number of fused-ring (bicyclic) bond motifs is 5. The van der Waals surface area contributed by atoms with Gasteiger partial charge in [0.25, 0.3) is 0 Å². The van der Waals surface area contributed by atoms with E-state index in [0.29, 0.717) is 23.4 Å². The van der Waals surface area contributed by atoms with Crippen LogP contribution in [0.25, 0.3) is 0 Å². The number of nitrogen functional groups attached to an aromatic ring is 1. The van der Waals surface area contributed by atoms with Gasteiger partial charge in [0.1, 0.15) is 23.7 Å². The van der Waals surface area contributed by atoms with Crippen molar-refractivity contribution in [3.63, 3.8) is 0 Å². The Balaban J connectivity index is 1.98. The number of cyclic esters (lactones) is 1. The summed E-state index contributed by atoms with van der Waals surface area (Å²) in [6, 6.07) is 6.84. The van der Waals surface area contributed by atoms with Crippen molar-refractivity contribution in [2.24, 2.45) is 28.7 Å². The number of amides is 1. The number of rotatable bonds is 4. The molecule has 0 aromatic heterocycles. The number of nitrogens with two attached hydrogens (primary N) is 1. The van der Waals surface area contributed by atoms with Crippen LogP contribution in [0, 0.1) is 35.5 Å². The van der Waals surface area contributed by atoms with Crippen LogP contribution in [0.2, 0.25) is 0 Å². The molecule has 4 rings (SSSR count). The Hall–Kier alpha value is -3.48. The summed E-state index contributed by atoms with van der Waals surface area (Å²) in [4.78, 5) is 47.5. The number of hydrogen-bond donors (Lipinski definition) is 3. The molecular formula is C43H63N3O10. The first kappa shape index (κ1) is 45.2. The van der Waals surface area contributed by atoms with E-state index in [-0.39, 0.29) is 38.2 Å². The van der Waals surface area contributed by atoms with E-state index >= 15 is 0 Å². The maximum absolute atomic E-state index is 14.5. The van der Waals surface area contributed by atoms with Gasteiger partial charge in [-0.15, -0.1) is 0 Å². The third-order valence-corrected chi connectivity index (χ3v) is 11.6. The minimum atomic E-state index is -1.81. The summed E-state index contributed by atoms with van der Waals surface area (Å²) in [5.74, 6) is 1.08. The van der Waals surface area contributed by atoms with E-state index in [4.69, 9.17) is 29.4 Å². The first-order valence-electron chi connectivity index (χ1n) is 19.7. The second-order valence-electron chi connectivity index (χ2n) is 16.6. The lowest BCUT2D eigenvalue weighted by Gasteiger charge is -2.47. The van der Waals surface area contributed by atoms with Crippen LogP contribution in [-0.4, -0.2) is 120 Å². The molecule has 3 saturated heterocycles. The Morgan fingerprint density at radius 1 is 1.09 bits per heavy atom. The molecule has 13 atom stereocenters. The summed E-state index contributed by atoms with van der Waals surface area (Å²) in [6.07, 6.45) is -3.15. The van der Waals surface area contributed by atoms with Crippen LogP contribution in [0.15, 0.2) is 40.9 Å². The molecule has 5 unspecified atom stereocenters. The topological polar surface area (TPSA) is 179 Å². The molecule has 4 N–H and O–H groups in total. The van der Waals surface area contributed by atoms with Gasteiger partial charge >= 0.3 is 5.97 Å². The van der Waals surface area contributed by atoms with Crippen LogP contribution in [0.4, 0.5) is 5.69 Å². The summed E-state index contributed by atoms with van der Waals surface area (Å²) >= 11 is 0. The van der Waals surface area contributed by atoms with Crippen LogP contribution in [0.5, 0.6) is 0 Å². The number of carbonyl (C=O) groups excluding carboxylic acids is 3. The number of nitrogens with zero attached hydrogens (tertiary/aromatic N) is 2. The van der Waals surface area contributed by atoms with E-state index in [1.807, 2.05) is 58.8 Å². The zero-order chi connectivity index (χ0) is 41.7. The van der Waals surface area contributed by atoms with Crippen molar-refractivity contribution in [3.8, 4) is 11.8 Å². The van der Waals surface area contributed by atoms with Crippen molar-refractivity contribution in [1.82, 2.24) is 4.90 Å². The molecule has 13 heteroatoms. The SMILES string of the molecule is CC[C@@H]1OC(=O)[C@H](C)C(=O)[C@H](C)C(O[C@@H]2O[C@H](C)C[C@H](N(C)C)C2O)[C@@]2(C)CC(C)C(=NC(C)=O)C(C)C(OC/C(=C/C#Cc3ccc(N)cc3)CO2)[C@]1(C)O. The second-order valence-corrected chi connectivity index (χ2v) is 16.6. The highest BCUT2D eigenvalue weighted by molar-refractivity contribution is 6.00. The van der Waals surface area contributed by atoms with Gasteiger partial charge in [0.05, 0.1) is 37.1 Å². The van der Waals surface area contributed by atoms with Crippen molar-refractivity contribution >= 4 is 29.1 Å². The van der Waals surface area contributed by atoms with Gasteiger partial charge in [0.2, 0.25) is 5.91 Å².